The second-order valence-corrected chi connectivity index (χ2v) is 8.79. The van der Waals surface area contributed by atoms with E-state index in [4.69, 9.17) is 4.74 Å². The Bertz CT molecular complexity index is 896. The Hall–Kier alpha value is -2.26. The van der Waals surface area contributed by atoms with E-state index in [-0.39, 0.29) is 12.0 Å². The number of thioether (sulfide) groups is 1. The van der Waals surface area contributed by atoms with Crippen LogP contribution in [0, 0.1) is 0 Å². The molecule has 0 aliphatic carbocycles. The average Bonchev–Trinajstić information content (AvgIpc) is 3.07. The molecule has 2 N–H and O–H groups in total. The number of hydrogen-bond donors (Lipinski definition) is 2. The summed E-state index contributed by atoms with van der Waals surface area (Å²) in [7, 11) is -3.38. The Morgan fingerprint density at radius 1 is 1.27 bits per heavy atom. The summed E-state index contributed by atoms with van der Waals surface area (Å²) in [4.78, 5) is 16.6. The summed E-state index contributed by atoms with van der Waals surface area (Å²) in [6.45, 7) is 0. The van der Waals surface area contributed by atoms with E-state index in [0.717, 1.165) is 24.2 Å². The average molecular weight is 393 g/mol. The van der Waals surface area contributed by atoms with Crippen molar-refractivity contribution in [2.24, 2.45) is 0 Å². The van der Waals surface area contributed by atoms with Crippen LogP contribution in [0.4, 0.5) is 11.4 Å². The lowest BCUT2D eigenvalue weighted by molar-refractivity contribution is 0.102. The van der Waals surface area contributed by atoms with Crippen LogP contribution >= 0.6 is 11.8 Å². The molecule has 2 heterocycles. The first-order valence-electron chi connectivity index (χ1n) is 7.99. The number of carbonyl (C=O) groups excluding carboxylic acids is 1. The topological polar surface area (TPSA) is 97.4 Å². The number of nitrogens with zero attached hydrogens (tertiary/aromatic N) is 1. The van der Waals surface area contributed by atoms with Crippen LogP contribution in [0.5, 0.6) is 5.88 Å². The molecule has 2 aromatic rings. The highest BCUT2D eigenvalue weighted by Crippen LogP contribution is 2.23. The summed E-state index contributed by atoms with van der Waals surface area (Å²) in [5, 5.41) is 2.74. The second-order valence-electron chi connectivity index (χ2n) is 5.90. The molecule has 26 heavy (non-hydrogen) atoms. The molecule has 1 atom stereocenters. The molecular formula is C17H19N3O4S2. The molecule has 1 aromatic carbocycles. The highest BCUT2D eigenvalue weighted by Gasteiger charge is 2.18. The van der Waals surface area contributed by atoms with Crippen molar-refractivity contribution in [3.8, 4) is 5.88 Å². The SMILES string of the molecule is CS(=O)(=O)Nc1cccc(NC(=O)c2ccnc(O[C@H]3CCSC3)c2)c1. The van der Waals surface area contributed by atoms with Crippen LogP contribution in [0.15, 0.2) is 42.6 Å². The summed E-state index contributed by atoms with van der Waals surface area (Å²) in [6, 6.07) is 9.70. The van der Waals surface area contributed by atoms with E-state index in [1.54, 1.807) is 36.4 Å². The highest BCUT2D eigenvalue weighted by atomic mass is 32.2. The Labute approximate surface area is 156 Å². The Balaban J connectivity index is 1.69. The molecule has 1 aliphatic heterocycles. The first-order chi connectivity index (χ1) is 12.4. The van der Waals surface area contributed by atoms with Gasteiger partial charge >= 0.3 is 0 Å². The van der Waals surface area contributed by atoms with Crippen molar-refractivity contribution in [2.45, 2.75) is 12.5 Å². The minimum absolute atomic E-state index is 0.129. The maximum Gasteiger partial charge on any atom is 0.255 e. The predicted octanol–water partition coefficient (Wildman–Crippen LogP) is 2.59. The maximum atomic E-state index is 12.5. The maximum absolute atomic E-state index is 12.5. The van der Waals surface area contributed by atoms with Crippen molar-refractivity contribution in [3.05, 3.63) is 48.2 Å². The van der Waals surface area contributed by atoms with Crippen LogP contribution in [0.25, 0.3) is 0 Å². The molecule has 1 fully saturated rings. The number of amides is 1. The van der Waals surface area contributed by atoms with Crippen LogP contribution in [0.2, 0.25) is 0 Å². The fourth-order valence-electron chi connectivity index (χ4n) is 2.47. The van der Waals surface area contributed by atoms with Crippen molar-refractivity contribution >= 4 is 39.1 Å². The smallest absolute Gasteiger partial charge is 0.255 e. The van der Waals surface area contributed by atoms with Gasteiger partial charge in [0, 0.05) is 29.3 Å². The third-order valence-corrected chi connectivity index (χ3v) is 5.33. The number of carbonyl (C=O) groups is 1. The molecular weight excluding hydrogens is 374 g/mol. The largest absolute Gasteiger partial charge is 0.473 e. The van der Waals surface area contributed by atoms with E-state index < -0.39 is 10.0 Å². The quantitative estimate of drug-likeness (QED) is 0.783. The summed E-state index contributed by atoms with van der Waals surface area (Å²) in [5.41, 5.74) is 1.28. The molecule has 1 amide bonds. The standard InChI is InChI=1S/C17H19N3O4S2/c1-26(22,23)20-14-4-2-3-13(10-14)19-17(21)12-5-7-18-16(9-12)24-15-6-8-25-11-15/h2-5,7,9-10,15,20H,6,8,11H2,1H3,(H,19,21)/t15-/m0/s1. The number of rotatable bonds is 6. The molecule has 138 valence electrons. The minimum atomic E-state index is -3.38. The molecule has 0 unspecified atom stereocenters. The number of hydrogen-bond acceptors (Lipinski definition) is 6. The van der Waals surface area contributed by atoms with E-state index in [2.05, 4.69) is 15.0 Å². The highest BCUT2D eigenvalue weighted by molar-refractivity contribution is 7.99. The summed E-state index contributed by atoms with van der Waals surface area (Å²) in [5.74, 6) is 2.10. The van der Waals surface area contributed by atoms with Gasteiger partial charge in [0.2, 0.25) is 15.9 Å². The Kier molecular flexibility index (Phi) is 5.67. The lowest BCUT2D eigenvalue weighted by Crippen LogP contribution is -2.17. The first-order valence-corrected chi connectivity index (χ1v) is 11.0. The third kappa shape index (κ3) is 5.37. The molecule has 0 bridgehead atoms. The van der Waals surface area contributed by atoms with E-state index in [9.17, 15) is 13.2 Å². The van der Waals surface area contributed by atoms with Crippen molar-refractivity contribution in [1.29, 1.82) is 0 Å². The lowest BCUT2D eigenvalue weighted by atomic mass is 10.2. The van der Waals surface area contributed by atoms with Crippen LogP contribution in [0.1, 0.15) is 16.8 Å². The van der Waals surface area contributed by atoms with Gasteiger partial charge in [0.25, 0.3) is 5.91 Å². The second kappa shape index (κ2) is 7.96. The van der Waals surface area contributed by atoms with Gasteiger partial charge in [0.15, 0.2) is 0 Å². The Morgan fingerprint density at radius 3 is 2.81 bits per heavy atom. The summed E-state index contributed by atoms with van der Waals surface area (Å²) < 4.78 is 30.8. The van der Waals surface area contributed by atoms with Gasteiger partial charge in [0.05, 0.1) is 11.9 Å². The van der Waals surface area contributed by atoms with Gasteiger partial charge in [-0.2, -0.15) is 11.8 Å². The zero-order valence-electron chi connectivity index (χ0n) is 14.1. The van der Waals surface area contributed by atoms with Gasteiger partial charge in [-0.3, -0.25) is 9.52 Å². The van der Waals surface area contributed by atoms with Crippen molar-refractivity contribution in [3.63, 3.8) is 0 Å². The van der Waals surface area contributed by atoms with Gasteiger partial charge < -0.3 is 10.1 Å². The fourth-order valence-corrected chi connectivity index (χ4v) is 4.12. The summed E-state index contributed by atoms with van der Waals surface area (Å²) in [6.07, 6.45) is 3.71. The van der Waals surface area contributed by atoms with Crippen LogP contribution in [-0.4, -0.2) is 43.2 Å². The summed E-state index contributed by atoms with van der Waals surface area (Å²) >= 11 is 1.84. The van der Waals surface area contributed by atoms with E-state index >= 15 is 0 Å². The monoisotopic (exact) mass is 393 g/mol. The van der Waals surface area contributed by atoms with E-state index in [1.807, 2.05) is 11.8 Å². The fraction of sp³-hybridized carbons (Fsp3) is 0.294. The molecule has 0 spiro atoms. The van der Waals surface area contributed by atoms with Gasteiger partial charge in [0.1, 0.15) is 6.10 Å². The zero-order valence-corrected chi connectivity index (χ0v) is 15.8. The molecule has 9 heteroatoms. The normalized spacial score (nSPS) is 16.9. The molecule has 7 nitrogen and oxygen atoms in total. The zero-order chi connectivity index (χ0) is 18.6. The third-order valence-electron chi connectivity index (χ3n) is 3.60. The van der Waals surface area contributed by atoms with Gasteiger partial charge in [-0.05, 0) is 36.4 Å². The number of nitrogens with one attached hydrogen (secondary N) is 2. The number of ether oxygens (including phenoxy) is 1. The number of pyridine rings is 1. The van der Waals surface area contributed by atoms with Gasteiger partial charge in [-0.1, -0.05) is 6.07 Å². The lowest BCUT2D eigenvalue weighted by Gasteiger charge is -2.12. The van der Waals surface area contributed by atoms with Gasteiger partial charge in [-0.15, -0.1) is 0 Å². The van der Waals surface area contributed by atoms with Crippen molar-refractivity contribution in [1.82, 2.24) is 4.98 Å². The van der Waals surface area contributed by atoms with Crippen molar-refractivity contribution in [2.75, 3.05) is 27.8 Å². The van der Waals surface area contributed by atoms with Crippen LogP contribution in [-0.2, 0) is 10.0 Å². The number of anilines is 2. The van der Waals surface area contributed by atoms with Gasteiger partial charge in [-0.25, -0.2) is 13.4 Å². The molecule has 0 saturated carbocycles. The van der Waals surface area contributed by atoms with Crippen LogP contribution in [0.3, 0.4) is 0 Å². The number of sulfonamides is 1. The number of benzene rings is 1. The molecule has 1 saturated heterocycles. The molecule has 0 radical (unpaired) electrons. The van der Waals surface area contributed by atoms with Crippen LogP contribution < -0.4 is 14.8 Å². The Morgan fingerprint density at radius 2 is 2.08 bits per heavy atom. The van der Waals surface area contributed by atoms with Crippen molar-refractivity contribution < 1.29 is 17.9 Å². The molecule has 3 rings (SSSR count). The minimum Gasteiger partial charge on any atom is -0.473 e. The first kappa shape index (κ1) is 18.5. The van der Waals surface area contributed by atoms with E-state index in [1.165, 1.54) is 6.20 Å². The number of aromatic nitrogens is 1. The molecule has 1 aliphatic rings. The molecule has 1 aromatic heterocycles. The van der Waals surface area contributed by atoms with E-state index in [0.29, 0.717) is 22.8 Å². The predicted molar refractivity (Wildman–Crippen MR) is 103 cm³/mol.